The van der Waals surface area contributed by atoms with Crippen LogP contribution in [0.1, 0.15) is 65.0 Å². The molecule has 0 saturated carbocycles. The summed E-state index contributed by atoms with van der Waals surface area (Å²) in [6.07, 6.45) is -2.73. The normalized spacial score (nSPS) is 15.3. The van der Waals surface area contributed by atoms with Gasteiger partial charge in [-0.25, -0.2) is 9.59 Å². The van der Waals surface area contributed by atoms with E-state index in [4.69, 9.17) is 14.2 Å². The Morgan fingerprint density at radius 1 is 0.946 bits per heavy atom. The maximum absolute atomic E-state index is 13.1. The van der Waals surface area contributed by atoms with E-state index in [-0.39, 0.29) is 24.9 Å². The highest BCUT2D eigenvalue weighted by Gasteiger charge is 2.35. The van der Waals surface area contributed by atoms with Crippen LogP contribution in [0.25, 0.3) is 11.1 Å². The lowest BCUT2D eigenvalue weighted by Crippen LogP contribution is -2.52. The highest BCUT2D eigenvalue weighted by Crippen LogP contribution is 2.44. The van der Waals surface area contributed by atoms with E-state index in [1.807, 2.05) is 69.3 Å². The molecule has 2 N–H and O–H groups in total. The van der Waals surface area contributed by atoms with Crippen LogP contribution >= 0.6 is 0 Å². The van der Waals surface area contributed by atoms with Gasteiger partial charge in [0.1, 0.15) is 12.7 Å². The molecule has 3 atom stereocenters. The lowest BCUT2D eigenvalue weighted by molar-refractivity contribution is -0.163. The van der Waals surface area contributed by atoms with E-state index in [1.54, 1.807) is 20.8 Å². The van der Waals surface area contributed by atoms with E-state index in [0.717, 1.165) is 22.3 Å². The van der Waals surface area contributed by atoms with Crippen LogP contribution < -0.4 is 5.32 Å². The fraction of sp³-hybridized carbons (Fsp3) is 0.483. The van der Waals surface area contributed by atoms with E-state index in [1.165, 1.54) is 0 Å². The van der Waals surface area contributed by atoms with Gasteiger partial charge < -0.3 is 24.6 Å². The topological polar surface area (TPSA) is 111 Å². The van der Waals surface area contributed by atoms with Crippen molar-refractivity contribution < 1.29 is 33.7 Å². The van der Waals surface area contributed by atoms with Crippen LogP contribution in [-0.2, 0) is 23.8 Å². The maximum atomic E-state index is 13.1. The summed E-state index contributed by atoms with van der Waals surface area (Å²) < 4.78 is 17.1. The number of esters is 1. The second-order valence-electron chi connectivity index (χ2n) is 10.7. The zero-order valence-corrected chi connectivity index (χ0v) is 22.3. The molecule has 37 heavy (non-hydrogen) atoms. The second-order valence-corrected chi connectivity index (χ2v) is 10.7. The van der Waals surface area contributed by atoms with Crippen LogP contribution in [-0.4, -0.2) is 53.6 Å². The van der Waals surface area contributed by atoms with Crippen LogP contribution in [0.15, 0.2) is 48.5 Å². The molecule has 1 unspecified atom stereocenters. The molecule has 0 aromatic heterocycles. The van der Waals surface area contributed by atoms with Gasteiger partial charge in [-0.3, -0.25) is 4.79 Å². The number of amides is 1. The molecule has 1 amide bonds. The maximum Gasteiger partial charge on any atom is 0.407 e. The first kappa shape index (κ1) is 28.2. The number of carbonyl (C=O) groups excluding carboxylic acids is 2. The third-order valence-electron chi connectivity index (χ3n) is 6.27. The number of carbonyl (C=O) groups is 3. The van der Waals surface area contributed by atoms with Gasteiger partial charge in [0.15, 0.2) is 6.04 Å². The Labute approximate surface area is 218 Å². The van der Waals surface area contributed by atoms with E-state index < -0.39 is 41.9 Å². The Balaban J connectivity index is 1.73. The highest BCUT2D eigenvalue weighted by atomic mass is 16.6. The molecule has 2 aromatic rings. The summed E-state index contributed by atoms with van der Waals surface area (Å²) in [4.78, 5) is 37.3. The van der Waals surface area contributed by atoms with Crippen molar-refractivity contribution in [3.8, 4) is 11.1 Å². The molecule has 3 rings (SSSR count). The minimum atomic E-state index is -1.19. The van der Waals surface area contributed by atoms with Crippen LogP contribution in [0.2, 0.25) is 0 Å². The average molecular weight is 512 g/mol. The van der Waals surface area contributed by atoms with Gasteiger partial charge in [-0.2, -0.15) is 0 Å². The average Bonchev–Trinajstić information content (AvgIpc) is 3.13. The van der Waals surface area contributed by atoms with Crippen molar-refractivity contribution in [2.24, 2.45) is 5.92 Å². The first-order chi connectivity index (χ1) is 17.4. The molecule has 0 spiro atoms. The van der Waals surface area contributed by atoms with Crippen molar-refractivity contribution in [3.05, 3.63) is 59.7 Å². The van der Waals surface area contributed by atoms with Crippen LogP contribution in [0.3, 0.4) is 0 Å². The number of fused-ring (bicyclic) bond motifs is 3. The van der Waals surface area contributed by atoms with E-state index in [0.29, 0.717) is 0 Å². The summed E-state index contributed by atoms with van der Waals surface area (Å²) >= 11 is 0. The highest BCUT2D eigenvalue weighted by molar-refractivity contribution is 5.83. The molecule has 2 aromatic carbocycles. The molecular weight excluding hydrogens is 474 g/mol. The molecule has 0 saturated heterocycles. The van der Waals surface area contributed by atoms with Gasteiger partial charge in [-0.15, -0.1) is 0 Å². The fourth-order valence-corrected chi connectivity index (χ4v) is 4.57. The summed E-state index contributed by atoms with van der Waals surface area (Å²) in [5.74, 6) is -2.21. The number of hydrogen-bond donors (Lipinski definition) is 2. The zero-order valence-electron chi connectivity index (χ0n) is 22.3. The molecule has 0 radical (unpaired) electrons. The Kier molecular flexibility index (Phi) is 8.97. The summed E-state index contributed by atoms with van der Waals surface area (Å²) in [6, 6.07) is 14.8. The van der Waals surface area contributed by atoms with Gasteiger partial charge in [0.05, 0.1) is 18.1 Å². The quantitative estimate of drug-likeness (QED) is 0.425. The minimum Gasteiger partial charge on any atom is -0.481 e. The number of benzene rings is 2. The first-order valence-electron chi connectivity index (χ1n) is 12.6. The van der Waals surface area contributed by atoms with Crippen LogP contribution in [0, 0.1) is 5.92 Å². The van der Waals surface area contributed by atoms with Crippen molar-refractivity contribution in [3.63, 3.8) is 0 Å². The fourth-order valence-electron chi connectivity index (χ4n) is 4.57. The molecule has 1 aliphatic carbocycles. The summed E-state index contributed by atoms with van der Waals surface area (Å²) in [5.41, 5.74) is 3.77. The van der Waals surface area contributed by atoms with Crippen LogP contribution in [0.4, 0.5) is 4.79 Å². The van der Waals surface area contributed by atoms with E-state index in [9.17, 15) is 19.5 Å². The van der Waals surface area contributed by atoms with Crippen molar-refractivity contribution in [1.29, 1.82) is 0 Å². The number of nitrogens with one attached hydrogen (secondary N) is 1. The molecule has 8 heteroatoms. The molecule has 8 nitrogen and oxygen atoms in total. The number of aliphatic carboxylic acids is 1. The van der Waals surface area contributed by atoms with Crippen LogP contribution in [0.5, 0.6) is 0 Å². The number of carboxylic acid groups (broad SMARTS) is 1. The Morgan fingerprint density at radius 3 is 1.97 bits per heavy atom. The molecule has 0 bridgehead atoms. The summed E-state index contributed by atoms with van der Waals surface area (Å²) in [5, 5.41) is 11.8. The number of carboxylic acids is 1. The van der Waals surface area contributed by atoms with Gasteiger partial charge in [-0.05, 0) is 55.9 Å². The zero-order chi connectivity index (χ0) is 27.3. The predicted molar refractivity (Wildman–Crippen MR) is 139 cm³/mol. The van der Waals surface area contributed by atoms with Gasteiger partial charge in [0.25, 0.3) is 0 Å². The third-order valence-corrected chi connectivity index (χ3v) is 6.27. The van der Waals surface area contributed by atoms with Crippen molar-refractivity contribution in [1.82, 2.24) is 5.32 Å². The second kappa shape index (κ2) is 11.8. The van der Waals surface area contributed by atoms with Crippen molar-refractivity contribution >= 4 is 18.0 Å². The minimum absolute atomic E-state index is 0.0871. The SMILES string of the molecule is CC(C)C(CC(=O)O)OC(=O)[C@@H](NC(=O)OCC1c2ccccc2-c2ccccc21)[C@@H](C)OC(C)(C)C. The molecule has 1 aliphatic rings. The van der Waals surface area contributed by atoms with Crippen molar-refractivity contribution in [2.75, 3.05) is 6.61 Å². The Hall–Kier alpha value is -3.39. The lowest BCUT2D eigenvalue weighted by atomic mass is 9.98. The van der Waals surface area contributed by atoms with E-state index in [2.05, 4.69) is 5.32 Å². The lowest BCUT2D eigenvalue weighted by Gasteiger charge is -2.31. The standard InChI is InChI=1S/C29H37NO7/c1-17(2)24(15-25(31)32)36-27(33)26(18(3)37-29(4,5)6)30-28(34)35-16-23-21-13-9-7-11-19(21)20-12-8-10-14-22(20)23/h7-14,17-18,23-24,26H,15-16H2,1-6H3,(H,30,34)(H,31,32)/t18-,24?,26+/m1/s1. The summed E-state index contributed by atoms with van der Waals surface area (Å²) in [6.45, 7) is 10.8. The summed E-state index contributed by atoms with van der Waals surface area (Å²) in [7, 11) is 0. The molecule has 0 heterocycles. The first-order valence-corrected chi connectivity index (χ1v) is 12.6. The van der Waals surface area contributed by atoms with Crippen molar-refractivity contribution in [2.45, 2.75) is 77.7 Å². The third kappa shape index (κ3) is 7.32. The monoisotopic (exact) mass is 511 g/mol. The largest absolute Gasteiger partial charge is 0.481 e. The Morgan fingerprint density at radius 2 is 1.49 bits per heavy atom. The smallest absolute Gasteiger partial charge is 0.407 e. The molecule has 0 aliphatic heterocycles. The Bertz CT molecular complexity index is 1080. The number of rotatable bonds is 10. The van der Waals surface area contributed by atoms with E-state index >= 15 is 0 Å². The molecular formula is C29H37NO7. The number of ether oxygens (including phenoxy) is 3. The predicted octanol–water partition coefficient (Wildman–Crippen LogP) is 5.14. The number of alkyl carbamates (subject to hydrolysis) is 1. The number of hydrogen-bond acceptors (Lipinski definition) is 6. The van der Waals surface area contributed by atoms with Gasteiger partial charge >= 0.3 is 18.0 Å². The van der Waals surface area contributed by atoms with Gasteiger partial charge in [0, 0.05) is 5.92 Å². The molecule has 200 valence electrons. The van der Waals surface area contributed by atoms with Gasteiger partial charge in [0.2, 0.25) is 0 Å². The van der Waals surface area contributed by atoms with Gasteiger partial charge in [-0.1, -0.05) is 62.4 Å². The molecule has 0 fully saturated rings.